The number of anilines is 1. The standard InChI is InChI=1S/C27H27ClN4O2/c1-2-19-9-15-22(16-10-19)30-26(33)18-32-24-7-4-3-6-23(24)31-25(32)8-5-17-29-27(34)20-11-13-21(28)14-12-20/h3-4,6-7,9-16H,2,5,8,17-18H2,1H3,(H,29,34)(H,30,33). The highest BCUT2D eigenvalue weighted by molar-refractivity contribution is 6.30. The molecule has 0 saturated carbocycles. The summed E-state index contributed by atoms with van der Waals surface area (Å²) >= 11 is 5.88. The molecule has 0 saturated heterocycles. The van der Waals surface area contributed by atoms with Crippen LogP contribution in [0.4, 0.5) is 5.69 Å². The summed E-state index contributed by atoms with van der Waals surface area (Å²) < 4.78 is 1.95. The molecule has 0 unspecified atom stereocenters. The Labute approximate surface area is 204 Å². The number of nitrogens with one attached hydrogen (secondary N) is 2. The number of rotatable bonds is 9. The van der Waals surface area contributed by atoms with E-state index in [1.807, 2.05) is 53.1 Å². The Morgan fingerprint density at radius 1 is 0.971 bits per heavy atom. The van der Waals surface area contributed by atoms with Gasteiger partial charge in [0, 0.05) is 29.2 Å². The first-order valence-electron chi connectivity index (χ1n) is 11.4. The number of benzene rings is 3. The third-order valence-electron chi connectivity index (χ3n) is 5.65. The third-order valence-corrected chi connectivity index (χ3v) is 5.90. The molecule has 2 N–H and O–H groups in total. The molecule has 0 aliphatic rings. The Morgan fingerprint density at radius 2 is 1.71 bits per heavy atom. The summed E-state index contributed by atoms with van der Waals surface area (Å²) in [5.41, 5.74) is 4.34. The molecule has 3 aromatic carbocycles. The maximum Gasteiger partial charge on any atom is 0.251 e. The maximum absolute atomic E-state index is 12.8. The van der Waals surface area contributed by atoms with Crippen LogP contribution >= 0.6 is 11.6 Å². The number of hydrogen-bond acceptors (Lipinski definition) is 3. The molecular formula is C27H27ClN4O2. The number of fused-ring (bicyclic) bond motifs is 1. The van der Waals surface area contributed by atoms with Crippen LogP contribution < -0.4 is 10.6 Å². The normalized spacial score (nSPS) is 10.9. The molecule has 0 radical (unpaired) electrons. The van der Waals surface area contributed by atoms with Gasteiger partial charge < -0.3 is 15.2 Å². The zero-order valence-corrected chi connectivity index (χ0v) is 19.8. The highest BCUT2D eigenvalue weighted by Gasteiger charge is 2.14. The van der Waals surface area contributed by atoms with Crippen LogP contribution in [0.5, 0.6) is 0 Å². The molecule has 4 aromatic rings. The topological polar surface area (TPSA) is 76.0 Å². The van der Waals surface area contributed by atoms with Crippen LogP contribution in [-0.4, -0.2) is 27.9 Å². The van der Waals surface area contributed by atoms with Gasteiger partial charge in [-0.15, -0.1) is 0 Å². The number of hydrogen-bond donors (Lipinski definition) is 2. The fourth-order valence-corrected chi connectivity index (χ4v) is 3.94. The molecule has 0 aliphatic carbocycles. The zero-order chi connectivity index (χ0) is 23.9. The van der Waals surface area contributed by atoms with E-state index in [2.05, 4.69) is 17.6 Å². The lowest BCUT2D eigenvalue weighted by atomic mass is 10.1. The van der Waals surface area contributed by atoms with E-state index in [0.717, 1.165) is 29.0 Å². The van der Waals surface area contributed by atoms with Crippen molar-refractivity contribution in [1.29, 1.82) is 0 Å². The fourth-order valence-electron chi connectivity index (χ4n) is 3.81. The summed E-state index contributed by atoms with van der Waals surface area (Å²) in [7, 11) is 0. The minimum atomic E-state index is -0.140. The van der Waals surface area contributed by atoms with Gasteiger partial charge in [-0.05, 0) is 66.9 Å². The minimum Gasteiger partial charge on any atom is -0.352 e. The van der Waals surface area contributed by atoms with Gasteiger partial charge in [0.25, 0.3) is 5.91 Å². The van der Waals surface area contributed by atoms with Crippen LogP contribution in [0, 0.1) is 0 Å². The average molecular weight is 475 g/mol. The predicted molar refractivity (Wildman–Crippen MR) is 136 cm³/mol. The van der Waals surface area contributed by atoms with Crippen molar-refractivity contribution >= 4 is 40.1 Å². The summed E-state index contributed by atoms with van der Waals surface area (Å²) in [4.78, 5) is 29.8. The number of imidazole rings is 1. The van der Waals surface area contributed by atoms with Crippen molar-refractivity contribution in [3.63, 3.8) is 0 Å². The first kappa shape index (κ1) is 23.5. The molecule has 0 spiro atoms. The van der Waals surface area contributed by atoms with Crippen LogP contribution in [0.15, 0.2) is 72.8 Å². The van der Waals surface area contributed by atoms with Crippen molar-refractivity contribution < 1.29 is 9.59 Å². The molecule has 6 nitrogen and oxygen atoms in total. The molecule has 34 heavy (non-hydrogen) atoms. The van der Waals surface area contributed by atoms with Gasteiger partial charge in [0.1, 0.15) is 12.4 Å². The smallest absolute Gasteiger partial charge is 0.251 e. The molecular weight excluding hydrogens is 448 g/mol. The van der Waals surface area contributed by atoms with E-state index in [1.165, 1.54) is 5.56 Å². The van der Waals surface area contributed by atoms with Crippen LogP contribution in [0.2, 0.25) is 5.02 Å². The molecule has 0 bridgehead atoms. The highest BCUT2D eigenvalue weighted by Crippen LogP contribution is 2.18. The number of carbonyl (C=O) groups is 2. The average Bonchev–Trinajstić information content (AvgIpc) is 3.19. The Bertz CT molecular complexity index is 1280. The number of carbonyl (C=O) groups excluding carboxylic acids is 2. The number of halogens is 1. The van der Waals surface area contributed by atoms with E-state index in [-0.39, 0.29) is 18.4 Å². The Balaban J connectivity index is 1.39. The van der Waals surface area contributed by atoms with E-state index >= 15 is 0 Å². The molecule has 2 amide bonds. The maximum atomic E-state index is 12.8. The number of para-hydroxylation sites is 2. The first-order valence-corrected chi connectivity index (χ1v) is 11.8. The summed E-state index contributed by atoms with van der Waals surface area (Å²) in [6.45, 7) is 2.77. The fraction of sp³-hybridized carbons (Fsp3) is 0.222. The number of amides is 2. The van der Waals surface area contributed by atoms with E-state index in [9.17, 15) is 9.59 Å². The Hall–Kier alpha value is -3.64. The summed E-state index contributed by atoms with van der Waals surface area (Å²) in [5, 5.41) is 6.49. The minimum absolute atomic E-state index is 0.107. The number of aromatic nitrogens is 2. The van der Waals surface area contributed by atoms with Crippen molar-refractivity contribution in [2.75, 3.05) is 11.9 Å². The largest absolute Gasteiger partial charge is 0.352 e. The van der Waals surface area contributed by atoms with E-state index in [4.69, 9.17) is 16.6 Å². The van der Waals surface area contributed by atoms with Crippen molar-refractivity contribution in [3.05, 3.63) is 94.8 Å². The Kier molecular flexibility index (Phi) is 7.60. The molecule has 0 atom stereocenters. The summed E-state index contributed by atoms with van der Waals surface area (Å²) in [6.07, 6.45) is 2.29. The molecule has 7 heteroatoms. The zero-order valence-electron chi connectivity index (χ0n) is 19.1. The molecule has 4 rings (SSSR count). The number of aryl methyl sites for hydroxylation is 2. The van der Waals surface area contributed by atoms with Crippen LogP contribution in [-0.2, 0) is 24.2 Å². The van der Waals surface area contributed by atoms with Gasteiger partial charge in [0.2, 0.25) is 5.91 Å². The van der Waals surface area contributed by atoms with Gasteiger partial charge in [-0.1, -0.05) is 42.8 Å². The first-order chi connectivity index (χ1) is 16.5. The lowest BCUT2D eigenvalue weighted by Crippen LogP contribution is -2.25. The van der Waals surface area contributed by atoms with Gasteiger partial charge in [0.05, 0.1) is 11.0 Å². The van der Waals surface area contributed by atoms with Gasteiger partial charge in [-0.2, -0.15) is 0 Å². The van der Waals surface area contributed by atoms with Crippen LogP contribution in [0.1, 0.15) is 35.1 Å². The monoisotopic (exact) mass is 474 g/mol. The van der Waals surface area contributed by atoms with Crippen molar-refractivity contribution in [2.24, 2.45) is 0 Å². The number of nitrogens with zero attached hydrogens (tertiary/aromatic N) is 2. The van der Waals surface area contributed by atoms with Crippen LogP contribution in [0.3, 0.4) is 0 Å². The van der Waals surface area contributed by atoms with Gasteiger partial charge >= 0.3 is 0 Å². The van der Waals surface area contributed by atoms with Gasteiger partial charge in [-0.3, -0.25) is 9.59 Å². The second-order valence-electron chi connectivity index (χ2n) is 8.07. The van der Waals surface area contributed by atoms with Crippen molar-refractivity contribution in [1.82, 2.24) is 14.9 Å². The summed E-state index contributed by atoms with van der Waals surface area (Å²) in [5.74, 6) is 0.571. The lowest BCUT2D eigenvalue weighted by Gasteiger charge is -2.11. The van der Waals surface area contributed by atoms with Gasteiger partial charge in [-0.25, -0.2) is 4.98 Å². The molecule has 0 aliphatic heterocycles. The van der Waals surface area contributed by atoms with Crippen molar-refractivity contribution in [3.8, 4) is 0 Å². The SMILES string of the molecule is CCc1ccc(NC(=O)Cn2c(CCCNC(=O)c3ccc(Cl)cc3)nc3ccccc32)cc1. The predicted octanol–water partition coefficient (Wildman–Crippen LogP) is 5.25. The molecule has 1 aromatic heterocycles. The molecule has 1 heterocycles. The quantitative estimate of drug-likeness (QED) is 0.325. The van der Waals surface area contributed by atoms with Crippen LogP contribution in [0.25, 0.3) is 11.0 Å². The molecule has 0 fully saturated rings. The second kappa shape index (κ2) is 11.0. The van der Waals surface area contributed by atoms with E-state index in [1.54, 1.807) is 24.3 Å². The van der Waals surface area contributed by atoms with E-state index in [0.29, 0.717) is 30.0 Å². The van der Waals surface area contributed by atoms with Crippen molar-refractivity contribution in [2.45, 2.75) is 32.7 Å². The van der Waals surface area contributed by atoms with Gasteiger partial charge in [0.15, 0.2) is 0 Å². The highest BCUT2D eigenvalue weighted by atomic mass is 35.5. The Morgan fingerprint density at radius 3 is 2.44 bits per heavy atom. The third kappa shape index (κ3) is 5.83. The second-order valence-corrected chi connectivity index (χ2v) is 8.50. The lowest BCUT2D eigenvalue weighted by molar-refractivity contribution is -0.116. The van der Waals surface area contributed by atoms with E-state index < -0.39 is 0 Å². The summed E-state index contributed by atoms with van der Waals surface area (Å²) in [6, 6.07) is 22.5. The molecule has 174 valence electrons.